The third kappa shape index (κ3) is 5.74. The Morgan fingerprint density at radius 2 is 1.56 bits per heavy atom. The second-order valence-corrected chi connectivity index (χ2v) is 7.03. The second kappa shape index (κ2) is 8.58. The summed E-state index contributed by atoms with van der Waals surface area (Å²) in [6, 6.07) is 11.8. The summed E-state index contributed by atoms with van der Waals surface area (Å²) in [4.78, 5) is 24.6. The Morgan fingerprint density at radius 1 is 0.926 bits per heavy atom. The van der Waals surface area contributed by atoms with Gasteiger partial charge in [0.25, 0.3) is 11.8 Å². The largest absolute Gasteiger partial charge is 0.493 e. The predicted molar refractivity (Wildman–Crippen MR) is 106 cm³/mol. The molecule has 0 saturated carbocycles. The summed E-state index contributed by atoms with van der Waals surface area (Å²) in [6.45, 7) is 8.10. The number of ether oxygens (including phenoxy) is 2. The van der Waals surface area contributed by atoms with Crippen molar-refractivity contribution in [1.29, 1.82) is 0 Å². The molecular formula is C21H26N2O4. The van der Waals surface area contributed by atoms with Crippen LogP contribution in [0.15, 0.2) is 42.5 Å². The predicted octanol–water partition coefficient (Wildman–Crippen LogP) is 3.87. The van der Waals surface area contributed by atoms with Crippen molar-refractivity contribution >= 4 is 17.5 Å². The van der Waals surface area contributed by atoms with Gasteiger partial charge in [0.1, 0.15) is 0 Å². The lowest BCUT2D eigenvalue weighted by Gasteiger charge is -2.20. The van der Waals surface area contributed by atoms with Gasteiger partial charge in [-0.05, 0) is 70.2 Å². The summed E-state index contributed by atoms with van der Waals surface area (Å²) in [5.41, 5.74) is 1.28. The summed E-state index contributed by atoms with van der Waals surface area (Å²) in [5, 5.41) is 5.71. The van der Waals surface area contributed by atoms with E-state index in [0.717, 1.165) is 0 Å². The lowest BCUT2D eigenvalue weighted by molar-refractivity contribution is 0.0919. The Balaban J connectivity index is 2.10. The van der Waals surface area contributed by atoms with Crippen molar-refractivity contribution < 1.29 is 19.1 Å². The van der Waals surface area contributed by atoms with Gasteiger partial charge in [-0.15, -0.1) is 0 Å². The average molecular weight is 370 g/mol. The van der Waals surface area contributed by atoms with Gasteiger partial charge >= 0.3 is 0 Å². The van der Waals surface area contributed by atoms with Crippen LogP contribution in [-0.4, -0.2) is 31.1 Å². The Hall–Kier alpha value is -3.02. The van der Waals surface area contributed by atoms with Crippen molar-refractivity contribution in [2.45, 2.75) is 33.2 Å². The molecule has 2 aromatic carbocycles. The van der Waals surface area contributed by atoms with Crippen LogP contribution < -0.4 is 20.1 Å². The number of rotatable bonds is 6. The van der Waals surface area contributed by atoms with Gasteiger partial charge in [-0.25, -0.2) is 0 Å². The van der Waals surface area contributed by atoms with Crippen LogP contribution in [0.4, 0.5) is 5.69 Å². The molecule has 0 spiro atoms. The highest BCUT2D eigenvalue weighted by Gasteiger charge is 2.15. The van der Waals surface area contributed by atoms with Gasteiger partial charge in [0.05, 0.1) is 13.7 Å². The smallest absolute Gasteiger partial charge is 0.255 e. The van der Waals surface area contributed by atoms with E-state index in [1.54, 1.807) is 49.6 Å². The van der Waals surface area contributed by atoms with Gasteiger partial charge in [0, 0.05) is 22.4 Å². The summed E-state index contributed by atoms with van der Waals surface area (Å²) in [6.07, 6.45) is 0. The Morgan fingerprint density at radius 3 is 2.11 bits per heavy atom. The van der Waals surface area contributed by atoms with Crippen molar-refractivity contribution in [3.8, 4) is 11.5 Å². The Bertz CT molecular complexity index is 808. The highest BCUT2D eigenvalue weighted by Crippen LogP contribution is 2.28. The first-order valence-electron chi connectivity index (χ1n) is 8.78. The molecule has 0 aliphatic carbocycles. The molecule has 2 N–H and O–H groups in total. The van der Waals surface area contributed by atoms with Crippen LogP contribution in [0, 0.1) is 0 Å². The van der Waals surface area contributed by atoms with Gasteiger partial charge < -0.3 is 20.1 Å². The SMILES string of the molecule is CCOc1cc(C(=O)Nc2ccc(C(=O)NC(C)(C)C)cc2)ccc1OC. The molecule has 6 nitrogen and oxygen atoms in total. The molecule has 0 fully saturated rings. The standard InChI is InChI=1S/C21H26N2O4/c1-6-27-18-13-15(9-12-17(18)26-5)19(24)22-16-10-7-14(8-11-16)20(25)23-21(2,3)4/h7-13H,6H2,1-5H3,(H,22,24)(H,23,25). The van der Waals surface area contributed by atoms with Gasteiger partial charge in [-0.2, -0.15) is 0 Å². The van der Waals surface area contributed by atoms with Gasteiger partial charge in [-0.1, -0.05) is 0 Å². The number of anilines is 1. The average Bonchev–Trinajstić information content (AvgIpc) is 2.61. The van der Waals surface area contributed by atoms with Crippen LogP contribution in [-0.2, 0) is 0 Å². The molecule has 2 amide bonds. The van der Waals surface area contributed by atoms with Crippen LogP contribution in [0.1, 0.15) is 48.4 Å². The fourth-order valence-corrected chi connectivity index (χ4v) is 2.41. The van der Waals surface area contributed by atoms with E-state index < -0.39 is 0 Å². The minimum Gasteiger partial charge on any atom is -0.493 e. The minimum atomic E-state index is -0.309. The van der Waals surface area contributed by atoms with Crippen molar-refractivity contribution in [1.82, 2.24) is 5.32 Å². The molecule has 2 rings (SSSR count). The quantitative estimate of drug-likeness (QED) is 0.809. The first kappa shape index (κ1) is 20.3. The highest BCUT2D eigenvalue weighted by molar-refractivity contribution is 6.05. The Labute approximate surface area is 159 Å². The number of nitrogens with one attached hydrogen (secondary N) is 2. The molecule has 0 atom stereocenters. The number of methoxy groups -OCH3 is 1. The maximum atomic E-state index is 12.5. The lowest BCUT2D eigenvalue weighted by atomic mass is 10.1. The lowest BCUT2D eigenvalue weighted by Crippen LogP contribution is -2.40. The molecule has 0 aliphatic rings. The molecular weight excluding hydrogens is 344 g/mol. The van der Waals surface area contributed by atoms with Crippen LogP contribution in [0.5, 0.6) is 11.5 Å². The van der Waals surface area contributed by atoms with Crippen LogP contribution in [0.3, 0.4) is 0 Å². The molecule has 0 bridgehead atoms. The maximum absolute atomic E-state index is 12.5. The van der Waals surface area contributed by atoms with Crippen LogP contribution in [0.25, 0.3) is 0 Å². The number of carbonyl (C=O) groups is 2. The first-order chi connectivity index (χ1) is 12.7. The first-order valence-corrected chi connectivity index (χ1v) is 8.78. The number of benzene rings is 2. The third-order valence-corrected chi connectivity index (χ3v) is 3.62. The van der Waals surface area contributed by atoms with Crippen molar-refractivity contribution in [2.75, 3.05) is 19.0 Å². The highest BCUT2D eigenvalue weighted by atomic mass is 16.5. The van der Waals surface area contributed by atoms with E-state index in [4.69, 9.17) is 9.47 Å². The fourth-order valence-electron chi connectivity index (χ4n) is 2.41. The van der Waals surface area contributed by atoms with Crippen LogP contribution in [0.2, 0.25) is 0 Å². The van der Waals surface area contributed by atoms with E-state index in [2.05, 4.69) is 10.6 Å². The van der Waals surface area contributed by atoms with Crippen molar-refractivity contribution in [3.05, 3.63) is 53.6 Å². The van der Waals surface area contributed by atoms with Gasteiger partial charge in [-0.3, -0.25) is 9.59 Å². The van der Waals surface area contributed by atoms with Crippen molar-refractivity contribution in [2.24, 2.45) is 0 Å². The molecule has 6 heteroatoms. The maximum Gasteiger partial charge on any atom is 0.255 e. The molecule has 0 unspecified atom stereocenters. The number of carbonyl (C=O) groups excluding carboxylic acids is 2. The van der Waals surface area contributed by atoms with E-state index in [0.29, 0.717) is 34.9 Å². The van der Waals surface area contributed by atoms with E-state index >= 15 is 0 Å². The molecule has 27 heavy (non-hydrogen) atoms. The zero-order valence-corrected chi connectivity index (χ0v) is 16.4. The summed E-state index contributed by atoms with van der Waals surface area (Å²) >= 11 is 0. The summed E-state index contributed by atoms with van der Waals surface area (Å²) < 4.78 is 10.7. The third-order valence-electron chi connectivity index (χ3n) is 3.62. The summed E-state index contributed by atoms with van der Waals surface area (Å²) in [5.74, 6) is 0.659. The van der Waals surface area contributed by atoms with E-state index in [1.807, 2.05) is 27.7 Å². The molecule has 0 aliphatic heterocycles. The van der Waals surface area contributed by atoms with Gasteiger partial charge in [0.2, 0.25) is 0 Å². The summed E-state index contributed by atoms with van der Waals surface area (Å²) in [7, 11) is 1.55. The van der Waals surface area contributed by atoms with Crippen LogP contribution >= 0.6 is 0 Å². The van der Waals surface area contributed by atoms with E-state index in [-0.39, 0.29) is 17.4 Å². The van der Waals surface area contributed by atoms with E-state index in [1.165, 1.54) is 0 Å². The normalized spacial score (nSPS) is 10.9. The molecule has 2 aromatic rings. The fraction of sp³-hybridized carbons (Fsp3) is 0.333. The van der Waals surface area contributed by atoms with Crippen molar-refractivity contribution in [3.63, 3.8) is 0 Å². The number of amides is 2. The molecule has 0 aromatic heterocycles. The number of hydrogen-bond acceptors (Lipinski definition) is 4. The monoisotopic (exact) mass is 370 g/mol. The second-order valence-electron chi connectivity index (χ2n) is 7.03. The van der Waals surface area contributed by atoms with Gasteiger partial charge in [0.15, 0.2) is 11.5 Å². The van der Waals surface area contributed by atoms with E-state index in [9.17, 15) is 9.59 Å². The zero-order chi connectivity index (χ0) is 20.0. The molecule has 0 radical (unpaired) electrons. The zero-order valence-electron chi connectivity index (χ0n) is 16.4. The topological polar surface area (TPSA) is 76.7 Å². The molecule has 0 heterocycles. The molecule has 0 saturated heterocycles. The molecule has 144 valence electrons. The Kier molecular flexibility index (Phi) is 6.45. The minimum absolute atomic E-state index is 0.156. The number of hydrogen-bond donors (Lipinski definition) is 2.